The molecule has 1 aromatic carbocycles. The minimum atomic E-state index is 0.483. The Bertz CT molecular complexity index is 537. The van der Waals surface area contributed by atoms with Gasteiger partial charge in [0.1, 0.15) is 0 Å². The van der Waals surface area contributed by atoms with Gasteiger partial charge in [0, 0.05) is 5.56 Å². The van der Waals surface area contributed by atoms with Crippen LogP contribution in [0.3, 0.4) is 0 Å². The van der Waals surface area contributed by atoms with Gasteiger partial charge in [0.2, 0.25) is 12.2 Å². The van der Waals surface area contributed by atoms with E-state index in [1.54, 1.807) is 12.2 Å². The van der Waals surface area contributed by atoms with Crippen LogP contribution in [0.5, 0.6) is 0 Å². The molecule has 0 radical (unpaired) electrons. The highest BCUT2D eigenvalue weighted by atomic mass is 35.5. The van der Waals surface area contributed by atoms with E-state index in [1.165, 1.54) is 0 Å². The zero-order valence-corrected chi connectivity index (χ0v) is 12.0. The number of isocyanates is 2. The van der Waals surface area contributed by atoms with E-state index in [0.29, 0.717) is 35.7 Å². The van der Waals surface area contributed by atoms with E-state index in [0.717, 1.165) is 16.7 Å². The lowest BCUT2D eigenvalue weighted by molar-refractivity contribution is 0.564. The number of halogens is 1. The fraction of sp³-hybridized carbons (Fsp3) is 0.429. The van der Waals surface area contributed by atoms with Gasteiger partial charge in [-0.1, -0.05) is 32.4 Å². The number of hydrogen-bond acceptors (Lipinski definition) is 4. The number of benzene rings is 1. The van der Waals surface area contributed by atoms with Gasteiger partial charge < -0.3 is 0 Å². The summed E-state index contributed by atoms with van der Waals surface area (Å²) in [6, 6.07) is 0. The highest BCUT2D eigenvalue weighted by Crippen LogP contribution is 2.42. The molecule has 0 aliphatic rings. The molecule has 0 saturated heterocycles. The Hall–Kier alpha value is -1.73. The smallest absolute Gasteiger partial charge is 0.211 e. The summed E-state index contributed by atoms with van der Waals surface area (Å²) in [7, 11) is 0. The Morgan fingerprint density at radius 3 is 1.47 bits per heavy atom. The summed E-state index contributed by atoms with van der Waals surface area (Å²) >= 11 is 6.34. The molecule has 0 amide bonds. The molecule has 5 heteroatoms. The SMILES string of the molecule is CCc1c(Cl)c(CC)c(N=C=O)c(CC)c1N=C=O. The zero-order chi connectivity index (χ0) is 14.4. The van der Waals surface area contributed by atoms with Crippen LogP contribution in [0.2, 0.25) is 5.02 Å². The van der Waals surface area contributed by atoms with Crippen molar-refractivity contribution in [2.75, 3.05) is 0 Å². The zero-order valence-electron chi connectivity index (χ0n) is 11.2. The highest BCUT2D eigenvalue weighted by Gasteiger charge is 2.20. The molecule has 0 spiro atoms. The Balaban J connectivity index is 3.91. The molecule has 0 aliphatic heterocycles. The maximum absolute atomic E-state index is 10.6. The molecular weight excluding hydrogens is 264 g/mol. The van der Waals surface area contributed by atoms with Crippen LogP contribution in [0.4, 0.5) is 11.4 Å². The van der Waals surface area contributed by atoms with Crippen molar-refractivity contribution in [1.29, 1.82) is 0 Å². The lowest BCUT2D eigenvalue weighted by Crippen LogP contribution is -1.97. The summed E-state index contributed by atoms with van der Waals surface area (Å²) in [4.78, 5) is 28.7. The van der Waals surface area contributed by atoms with E-state index in [9.17, 15) is 9.59 Å². The largest absolute Gasteiger partial charge is 0.240 e. The van der Waals surface area contributed by atoms with Gasteiger partial charge in [0.15, 0.2) is 0 Å². The molecule has 0 bridgehead atoms. The molecule has 0 heterocycles. The first-order chi connectivity index (χ1) is 9.15. The molecule has 100 valence electrons. The maximum Gasteiger partial charge on any atom is 0.240 e. The topological polar surface area (TPSA) is 58.9 Å². The van der Waals surface area contributed by atoms with Gasteiger partial charge >= 0.3 is 0 Å². The normalized spacial score (nSPS) is 9.68. The molecule has 0 aromatic heterocycles. The van der Waals surface area contributed by atoms with E-state index in [-0.39, 0.29) is 0 Å². The Morgan fingerprint density at radius 1 is 0.842 bits per heavy atom. The van der Waals surface area contributed by atoms with Crippen LogP contribution in [0, 0.1) is 0 Å². The van der Waals surface area contributed by atoms with Gasteiger partial charge in [-0.05, 0) is 30.4 Å². The van der Waals surface area contributed by atoms with Crippen molar-refractivity contribution in [2.24, 2.45) is 9.98 Å². The third kappa shape index (κ3) is 2.82. The summed E-state index contributed by atoms with van der Waals surface area (Å²) in [5.74, 6) is 0. The lowest BCUT2D eigenvalue weighted by Gasteiger charge is -2.16. The second-order valence-electron chi connectivity index (χ2n) is 3.91. The van der Waals surface area contributed by atoms with Crippen molar-refractivity contribution in [2.45, 2.75) is 40.0 Å². The molecule has 0 aliphatic carbocycles. The standard InChI is InChI=1S/C14H15ClN2O2/c1-4-9-12(15)10(5-2)14(17-8-19)11(6-3)13(9)16-7-18/h4-6H2,1-3H3. The number of carbonyl (C=O) groups excluding carboxylic acids is 2. The predicted octanol–water partition coefficient (Wildman–Crippen LogP) is 3.96. The molecule has 0 N–H and O–H groups in total. The van der Waals surface area contributed by atoms with Gasteiger partial charge in [0.25, 0.3) is 0 Å². The summed E-state index contributed by atoms with van der Waals surface area (Å²) in [6.45, 7) is 5.79. The molecule has 0 fully saturated rings. The lowest BCUT2D eigenvalue weighted by atomic mass is 9.95. The van der Waals surface area contributed by atoms with Crippen molar-refractivity contribution in [1.82, 2.24) is 0 Å². The van der Waals surface area contributed by atoms with Crippen LogP contribution in [0.25, 0.3) is 0 Å². The van der Waals surface area contributed by atoms with Crippen molar-refractivity contribution in [3.05, 3.63) is 21.7 Å². The summed E-state index contributed by atoms with van der Waals surface area (Å²) in [5.41, 5.74) is 3.30. The molecule has 4 nitrogen and oxygen atoms in total. The Kier molecular flexibility index (Phi) is 5.65. The second-order valence-corrected chi connectivity index (χ2v) is 4.29. The fourth-order valence-electron chi connectivity index (χ4n) is 2.21. The summed E-state index contributed by atoms with van der Waals surface area (Å²) < 4.78 is 0. The molecule has 19 heavy (non-hydrogen) atoms. The van der Waals surface area contributed by atoms with Gasteiger partial charge in [-0.25, -0.2) is 9.59 Å². The van der Waals surface area contributed by atoms with Crippen molar-refractivity contribution >= 4 is 35.1 Å². The Labute approximate surface area is 117 Å². The average Bonchev–Trinajstić information content (AvgIpc) is 2.40. The fourth-order valence-corrected chi connectivity index (χ4v) is 2.65. The van der Waals surface area contributed by atoms with Crippen molar-refractivity contribution < 1.29 is 9.59 Å². The molecular formula is C14H15ClN2O2. The Morgan fingerprint density at radius 2 is 1.21 bits per heavy atom. The minimum Gasteiger partial charge on any atom is -0.211 e. The predicted molar refractivity (Wildman–Crippen MR) is 75.1 cm³/mol. The van der Waals surface area contributed by atoms with Crippen LogP contribution in [-0.2, 0) is 28.9 Å². The van der Waals surface area contributed by atoms with E-state index in [4.69, 9.17) is 11.6 Å². The third-order valence-electron chi connectivity index (χ3n) is 3.05. The van der Waals surface area contributed by atoms with Crippen LogP contribution in [0.1, 0.15) is 37.5 Å². The van der Waals surface area contributed by atoms with Gasteiger partial charge in [-0.3, -0.25) is 0 Å². The highest BCUT2D eigenvalue weighted by molar-refractivity contribution is 6.33. The number of hydrogen-bond donors (Lipinski definition) is 0. The molecule has 0 unspecified atom stereocenters. The molecule has 1 rings (SSSR count). The van der Waals surface area contributed by atoms with E-state index in [2.05, 4.69) is 9.98 Å². The van der Waals surface area contributed by atoms with Gasteiger partial charge in [0.05, 0.1) is 16.4 Å². The quantitative estimate of drug-likeness (QED) is 0.604. The average molecular weight is 279 g/mol. The molecule has 0 atom stereocenters. The van der Waals surface area contributed by atoms with Crippen molar-refractivity contribution in [3.8, 4) is 0 Å². The minimum absolute atomic E-state index is 0.483. The number of nitrogens with zero attached hydrogens (tertiary/aromatic N) is 2. The summed E-state index contributed by atoms with van der Waals surface area (Å²) in [6.07, 6.45) is 4.97. The monoisotopic (exact) mass is 278 g/mol. The molecule has 1 aromatic rings. The van der Waals surface area contributed by atoms with Crippen LogP contribution >= 0.6 is 11.6 Å². The molecule has 0 saturated carbocycles. The third-order valence-corrected chi connectivity index (χ3v) is 3.51. The first-order valence-corrected chi connectivity index (χ1v) is 6.55. The number of rotatable bonds is 5. The maximum atomic E-state index is 10.6. The van der Waals surface area contributed by atoms with Crippen LogP contribution in [0.15, 0.2) is 9.98 Å². The number of aliphatic imine (C=N–C) groups is 2. The van der Waals surface area contributed by atoms with E-state index < -0.39 is 0 Å². The first-order valence-electron chi connectivity index (χ1n) is 6.17. The second kappa shape index (κ2) is 7.01. The van der Waals surface area contributed by atoms with Crippen molar-refractivity contribution in [3.63, 3.8) is 0 Å². The first kappa shape index (κ1) is 15.3. The summed E-state index contributed by atoms with van der Waals surface area (Å²) in [5, 5.41) is 0.519. The van der Waals surface area contributed by atoms with E-state index >= 15 is 0 Å². The van der Waals surface area contributed by atoms with Gasteiger partial charge in [-0.15, -0.1) is 0 Å². The van der Waals surface area contributed by atoms with Crippen LogP contribution in [-0.4, -0.2) is 12.2 Å². The van der Waals surface area contributed by atoms with Gasteiger partial charge in [-0.2, -0.15) is 9.98 Å². The van der Waals surface area contributed by atoms with Crippen LogP contribution < -0.4 is 0 Å². The van der Waals surface area contributed by atoms with E-state index in [1.807, 2.05) is 20.8 Å².